The zero-order chi connectivity index (χ0) is 17.8. The number of anilines is 2. The predicted molar refractivity (Wildman–Crippen MR) is 99.3 cm³/mol. The van der Waals surface area contributed by atoms with Crippen LogP contribution in [0.1, 0.15) is 26.7 Å². The smallest absolute Gasteiger partial charge is 0.321 e. The van der Waals surface area contributed by atoms with Gasteiger partial charge in [0.15, 0.2) is 0 Å². The molecule has 0 aromatic heterocycles. The standard InChI is InChI=1S/C19H29N3O3/c1-14-11-22(12-15(2)25-14)17-8-6-16(7-9-17)20-19(23)21(3)13-18-5-4-10-24-18/h6-9,14-15,18H,4-5,10-13H2,1-3H3,(H,20,23)/t14-,15-,18+/m1/s1. The quantitative estimate of drug-likeness (QED) is 0.910. The van der Waals surface area contributed by atoms with Gasteiger partial charge in [-0.2, -0.15) is 0 Å². The van der Waals surface area contributed by atoms with Crippen LogP contribution in [-0.2, 0) is 9.47 Å². The minimum absolute atomic E-state index is 0.100. The lowest BCUT2D eigenvalue weighted by molar-refractivity contribution is -0.00521. The highest BCUT2D eigenvalue weighted by Gasteiger charge is 2.23. The molecule has 6 heteroatoms. The number of carbonyl (C=O) groups is 1. The zero-order valence-corrected chi connectivity index (χ0v) is 15.4. The summed E-state index contributed by atoms with van der Waals surface area (Å²) in [4.78, 5) is 16.3. The third-order valence-electron chi connectivity index (χ3n) is 4.75. The summed E-state index contributed by atoms with van der Waals surface area (Å²) in [6.45, 7) is 7.41. The molecule has 2 fully saturated rings. The van der Waals surface area contributed by atoms with Gasteiger partial charge in [0.2, 0.25) is 0 Å². The second-order valence-corrected chi connectivity index (χ2v) is 7.15. The number of nitrogens with one attached hydrogen (secondary N) is 1. The molecule has 2 aliphatic heterocycles. The van der Waals surface area contributed by atoms with Gasteiger partial charge in [-0.25, -0.2) is 4.79 Å². The lowest BCUT2D eigenvalue weighted by atomic mass is 10.2. The molecule has 3 rings (SSSR count). The van der Waals surface area contributed by atoms with Gasteiger partial charge in [0.1, 0.15) is 0 Å². The van der Waals surface area contributed by atoms with E-state index in [1.165, 1.54) is 0 Å². The van der Waals surface area contributed by atoms with Crippen LogP contribution in [0.25, 0.3) is 0 Å². The molecule has 0 bridgehead atoms. The predicted octanol–water partition coefficient (Wildman–Crippen LogP) is 2.94. The number of nitrogens with zero attached hydrogens (tertiary/aromatic N) is 2. The minimum Gasteiger partial charge on any atom is -0.376 e. The Kier molecular flexibility index (Phi) is 5.81. The van der Waals surface area contributed by atoms with E-state index in [4.69, 9.17) is 9.47 Å². The highest BCUT2D eigenvalue weighted by molar-refractivity contribution is 5.89. The molecule has 0 saturated carbocycles. The molecule has 1 aromatic carbocycles. The number of hydrogen-bond acceptors (Lipinski definition) is 4. The molecule has 2 aliphatic rings. The monoisotopic (exact) mass is 347 g/mol. The topological polar surface area (TPSA) is 54.0 Å². The van der Waals surface area contributed by atoms with Crippen LogP contribution in [0.2, 0.25) is 0 Å². The molecule has 6 nitrogen and oxygen atoms in total. The fourth-order valence-electron chi connectivity index (χ4n) is 3.54. The number of ether oxygens (including phenoxy) is 2. The summed E-state index contributed by atoms with van der Waals surface area (Å²) in [5.74, 6) is 0. The summed E-state index contributed by atoms with van der Waals surface area (Å²) >= 11 is 0. The number of amides is 2. The van der Waals surface area contributed by atoms with Crippen molar-refractivity contribution >= 4 is 17.4 Å². The van der Waals surface area contributed by atoms with Crippen molar-refractivity contribution in [3.63, 3.8) is 0 Å². The van der Waals surface area contributed by atoms with Gasteiger partial charge >= 0.3 is 6.03 Å². The van der Waals surface area contributed by atoms with Crippen molar-refractivity contribution < 1.29 is 14.3 Å². The van der Waals surface area contributed by atoms with Gasteiger partial charge in [-0.1, -0.05) is 0 Å². The fourth-order valence-corrected chi connectivity index (χ4v) is 3.54. The third kappa shape index (κ3) is 4.86. The molecule has 0 aliphatic carbocycles. The lowest BCUT2D eigenvalue weighted by Gasteiger charge is -2.36. The summed E-state index contributed by atoms with van der Waals surface area (Å²) in [5, 5.41) is 2.95. The first-order valence-electron chi connectivity index (χ1n) is 9.15. The molecule has 1 N–H and O–H groups in total. The largest absolute Gasteiger partial charge is 0.376 e. The van der Waals surface area contributed by atoms with Crippen molar-refractivity contribution in [2.45, 2.75) is 45.0 Å². The Balaban J connectivity index is 1.54. The van der Waals surface area contributed by atoms with Gasteiger partial charge in [0.05, 0.1) is 18.3 Å². The Hall–Kier alpha value is -1.79. The van der Waals surface area contributed by atoms with Gasteiger partial charge in [-0.15, -0.1) is 0 Å². The van der Waals surface area contributed by atoms with Crippen LogP contribution < -0.4 is 10.2 Å². The Morgan fingerprint density at radius 3 is 2.52 bits per heavy atom. The Labute approximate surface area is 150 Å². The van der Waals surface area contributed by atoms with E-state index in [0.717, 1.165) is 43.9 Å². The van der Waals surface area contributed by atoms with Crippen LogP contribution in [0, 0.1) is 0 Å². The molecule has 2 heterocycles. The first kappa shape index (κ1) is 18.0. The number of carbonyl (C=O) groups excluding carboxylic acids is 1. The van der Waals surface area contributed by atoms with Crippen molar-refractivity contribution in [2.24, 2.45) is 0 Å². The Morgan fingerprint density at radius 1 is 1.24 bits per heavy atom. The third-order valence-corrected chi connectivity index (χ3v) is 4.75. The molecule has 2 saturated heterocycles. The first-order chi connectivity index (χ1) is 12.0. The van der Waals surface area contributed by atoms with E-state index in [0.29, 0.717) is 6.54 Å². The zero-order valence-electron chi connectivity index (χ0n) is 15.4. The van der Waals surface area contributed by atoms with Gasteiger partial charge in [0, 0.05) is 44.7 Å². The fraction of sp³-hybridized carbons (Fsp3) is 0.632. The second kappa shape index (κ2) is 8.06. The molecular formula is C19H29N3O3. The van der Waals surface area contributed by atoms with Gasteiger partial charge in [-0.3, -0.25) is 0 Å². The summed E-state index contributed by atoms with van der Waals surface area (Å²) in [7, 11) is 1.81. The van der Waals surface area contributed by atoms with Crippen LogP contribution in [0.4, 0.5) is 16.2 Å². The first-order valence-corrected chi connectivity index (χ1v) is 9.15. The van der Waals surface area contributed by atoms with E-state index in [2.05, 4.69) is 36.2 Å². The van der Waals surface area contributed by atoms with Crippen molar-refractivity contribution in [2.75, 3.05) is 43.5 Å². The number of benzene rings is 1. The van der Waals surface area contributed by atoms with E-state index in [1.807, 2.05) is 19.2 Å². The molecule has 0 unspecified atom stereocenters. The molecule has 3 atom stereocenters. The van der Waals surface area contributed by atoms with Gasteiger partial charge in [-0.05, 0) is 51.0 Å². The summed E-state index contributed by atoms with van der Waals surface area (Å²) in [6, 6.07) is 7.92. The molecule has 0 radical (unpaired) electrons. The lowest BCUT2D eigenvalue weighted by Crippen LogP contribution is -2.45. The van der Waals surface area contributed by atoms with E-state index in [1.54, 1.807) is 4.90 Å². The summed E-state index contributed by atoms with van der Waals surface area (Å²) in [5.41, 5.74) is 1.97. The van der Waals surface area contributed by atoms with Crippen LogP contribution in [-0.4, -0.2) is 62.5 Å². The van der Waals surface area contributed by atoms with Gasteiger partial charge < -0.3 is 24.6 Å². The Morgan fingerprint density at radius 2 is 1.92 bits per heavy atom. The van der Waals surface area contributed by atoms with E-state index >= 15 is 0 Å². The van der Waals surface area contributed by atoms with Crippen molar-refractivity contribution in [3.05, 3.63) is 24.3 Å². The maximum Gasteiger partial charge on any atom is 0.321 e. The average molecular weight is 347 g/mol. The number of rotatable bonds is 4. The molecule has 138 valence electrons. The van der Waals surface area contributed by atoms with Crippen molar-refractivity contribution in [3.8, 4) is 0 Å². The van der Waals surface area contributed by atoms with E-state index in [9.17, 15) is 4.79 Å². The van der Waals surface area contributed by atoms with Crippen LogP contribution >= 0.6 is 0 Å². The van der Waals surface area contributed by atoms with E-state index < -0.39 is 0 Å². The van der Waals surface area contributed by atoms with Crippen molar-refractivity contribution in [1.82, 2.24) is 4.90 Å². The molecule has 25 heavy (non-hydrogen) atoms. The highest BCUT2D eigenvalue weighted by atomic mass is 16.5. The number of morpholine rings is 1. The van der Waals surface area contributed by atoms with Crippen LogP contribution in [0.15, 0.2) is 24.3 Å². The normalized spacial score (nSPS) is 26.5. The average Bonchev–Trinajstić information content (AvgIpc) is 3.07. The summed E-state index contributed by atoms with van der Waals surface area (Å²) in [6.07, 6.45) is 2.75. The molecule has 2 amide bonds. The maximum atomic E-state index is 12.3. The molecular weight excluding hydrogens is 318 g/mol. The SMILES string of the molecule is C[C@@H]1CN(c2ccc(NC(=O)N(C)C[C@@H]3CCCO3)cc2)C[C@@H](C)O1. The number of hydrogen-bond donors (Lipinski definition) is 1. The van der Waals surface area contributed by atoms with Crippen LogP contribution in [0.3, 0.4) is 0 Å². The van der Waals surface area contributed by atoms with Crippen molar-refractivity contribution in [1.29, 1.82) is 0 Å². The van der Waals surface area contributed by atoms with E-state index in [-0.39, 0.29) is 24.3 Å². The maximum absolute atomic E-state index is 12.3. The second-order valence-electron chi connectivity index (χ2n) is 7.15. The molecule has 1 aromatic rings. The molecule has 0 spiro atoms. The Bertz CT molecular complexity index is 562. The minimum atomic E-state index is -0.100. The number of likely N-dealkylation sites (N-methyl/N-ethyl adjacent to an activating group) is 1. The van der Waals surface area contributed by atoms with Crippen LogP contribution in [0.5, 0.6) is 0 Å². The number of urea groups is 1. The summed E-state index contributed by atoms with van der Waals surface area (Å²) < 4.78 is 11.4. The van der Waals surface area contributed by atoms with Gasteiger partial charge in [0.25, 0.3) is 0 Å². The highest BCUT2D eigenvalue weighted by Crippen LogP contribution is 2.22.